The summed E-state index contributed by atoms with van der Waals surface area (Å²) in [6, 6.07) is 11.3. The summed E-state index contributed by atoms with van der Waals surface area (Å²) in [5, 5.41) is 3.16. The van der Waals surface area contributed by atoms with Gasteiger partial charge in [0, 0.05) is 19.8 Å². The molecule has 0 spiro atoms. The molecule has 7 heteroatoms. The number of aryl methyl sites for hydroxylation is 1. The maximum atomic E-state index is 11.7. The first-order chi connectivity index (χ1) is 9.87. The molecule has 0 unspecified atom stereocenters. The third-order valence-electron chi connectivity index (χ3n) is 2.78. The Hall–Kier alpha value is -2.12. The van der Waals surface area contributed by atoms with Crippen LogP contribution in [0.5, 0.6) is 0 Å². The van der Waals surface area contributed by atoms with Crippen LogP contribution in [-0.4, -0.2) is 31.8 Å². The molecule has 0 aliphatic carbocycles. The van der Waals surface area contributed by atoms with Crippen LogP contribution in [0, 0.1) is 6.92 Å². The van der Waals surface area contributed by atoms with Gasteiger partial charge in [-0.05, 0) is 36.8 Å². The topological polar surface area (TPSA) is 74.3 Å². The maximum absolute atomic E-state index is 11.7. The minimum atomic E-state index is -3.51. The molecule has 1 aromatic carbocycles. The van der Waals surface area contributed by atoms with Gasteiger partial charge < -0.3 is 5.32 Å². The molecule has 0 saturated heterocycles. The molecule has 0 amide bonds. The normalized spacial score (nSPS) is 11.4. The molecule has 1 aromatic heterocycles. The van der Waals surface area contributed by atoms with Crippen LogP contribution in [0.25, 0.3) is 0 Å². The zero-order valence-electron chi connectivity index (χ0n) is 12.2. The van der Waals surface area contributed by atoms with Crippen molar-refractivity contribution in [3.63, 3.8) is 0 Å². The smallest absolute Gasteiger partial charge is 0.301 e. The van der Waals surface area contributed by atoms with Crippen molar-refractivity contribution in [2.45, 2.75) is 6.92 Å². The molecule has 0 saturated carbocycles. The Morgan fingerprint density at radius 2 is 1.86 bits per heavy atom. The standard InChI is InChI=1S/C14H18N4O2S/c1-11-5-4-6-12(9-11)16-14-8-7-13(10-15-14)17-21(19,20)18(2)3/h4-10,17H,1-3H3,(H,15,16). The molecule has 2 aromatic rings. The molecule has 1 heterocycles. The number of pyridine rings is 1. The lowest BCUT2D eigenvalue weighted by Gasteiger charge is -2.13. The average Bonchev–Trinajstić information content (AvgIpc) is 2.40. The van der Waals surface area contributed by atoms with Gasteiger partial charge in [0.05, 0.1) is 11.9 Å². The summed E-state index contributed by atoms with van der Waals surface area (Å²) in [5.41, 5.74) is 2.50. The highest BCUT2D eigenvalue weighted by molar-refractivity contribution is 7.90. The summed E-state index contributed by atoms with van der Waals surface area (Å²) in [4.78, 5) is 4.19. The van der Waals surface area contributed by atoms with Crippen molar-refractivity contribution in [1.82, 2.24) is 9.29 Å². The van der Waals surface area contributed by atoms with E-state index in [1.54, 1.807) is 12.1 Å². The quantitative estimate of drug-likeness (QED) is 0.889. The van der Waals surface area contributed by atoms with Gasteiger partial charge in [0.25, 0.3) is 0 Å². The molecule has 2 N–H and O–H groups in total. The van der Waals surface area contributed by atoms with Crippen LogP contribution < -0.4 is 10.0 Å². The SMILES string of the molecule is Cc1cccc(Nc2ccc(NS(=O)(=O)N(C)C)cn2)c1. The second-order valence-corrected chi connectivity index (χ2v) is 6.70. The van der Waals surface area contributed by atoms with Crippen molar-refractivity contribution < 1.29 is 8.42 Å². The van der Waals surface area contributed by atoms with Crippen LogP contribution in [0.4, 0.5) is 17.2 Å². The van der Waals surface area contributed by atoms with Gasteiger partial charge in [0.2, 0.25) is 0 Å². The van der Waals surface area contributed by atoms with Crippen LogP contribution >= 0.6 is 0 Å². The summed E-state index contributed by atoms with van der Waals surface area (Å²) in [5.74, 6) is 0.647. The van der Waals surface area contributed by atoms with E-state index >= 15 is 0 Å². The maximum Gasteiger partial charge on any atom is 0.301 e. The highest BCUT2D eigenvalue weighted by atomic mass is 32.2. The summed E-state index contributed by atoms with van der Waals surface area (Å²) in [6.07, 6.45) is 1.47. The van der Waals surface area contributed by atoms with E-state index in [4.69, 9.17) is 0 Å². The van der Waals surface area contributed by atoms with Crippen LogP contribution in [0.1, 0.15) is 5.56 Å². The summed E-state index contributed by atoms with van der Waals surface area (Å²) in [7, 11) is -0.582. The molecule has 0 fully saturated rings. The molecule has 112 valence electrons. The summed E-state index contributed by atoms with van der Waals surface area (Å²) < 4.78 is 26.9. The third-order valence-corrected chi connectivity index (χ3v) is 4.24. The van der Waals surface area contributed by atoms with Gasteiger partial charge in [-0.15, -0.1) is 0 Å². The fraction of sp³-hybridized carbons (Fsp3) is 0.214. The Morgan fingerprint density at radius 1 is 1.10 bits per heavy atom. The zero-order valence-corrected chi connectivity index (χ0v) is 13.0. The molecule has 2 rings (SSSR count). The molecule has 0 radical (unpaired) electrons. The fourth-order valence-corrected chi connectivity index (χ4v) is 2.24. The Balaban J connectivity index is 2.09. The lowest BCUT2D eigenvalue weighted by molar-refractivity contribution is 0.527. The first kappa shape index (κ1) is 15.3. The van der Waals surface area contributed by atoms with Crippen LogP contribution in [-0.2, 0) is 10.2 Å². The number of hydrogen-bond donors (Lipinski definition) is 2. The first-order valence-corrected chi connectivity index (χ1v) is 7.81. The minimum Gasteiger partial charge on any atom is -0.340 e. The van der Waals surface area contributed by atoms with E-state index < -0.39 is 10.2 Å². The molecule has 0 aliphatic heterocycles. The van der Waals surface area contributed by atoms with Crippen molar-refractivity contribution in [1.29, 1.82) is 0 Å². The average molecular weight is 306 g/mol. The van der Waals surface area contributed by atoms with Crippen molar-refractivity contribution in [2.24, 2.45) is 0 Å². The third kappa shape index (κ3) is 4.17. The molecular formula is C14H18N4O2S. The second kappa shape index (κ2) is 6.11. The van der Waals surface area contributed by atoms with Gasteiger partial charge in [-0.25, -0.2) is 4.98 Å². The lowest BCUT2D eigenvalue weighted by Crippen LogP contribution is -2.28. The van der Waals surface area contributed by atoms with E-state index in [0.717, 1.165) is 15.6 Å². The molecule has 0 aliphatic rings. The predicted molar refractivity (Wildman–Crippen MR) is 84.9 cm³/mol. The number of anilines is 3. The fourth-order valence-electron chi connectivity index (χ4n) is 1.64. The Labute approximate surface area is 125 Å². The monoisotopic (exact) mass is 306 g/mol. The van der Waals surface area contributed by atoms with E-state index in [9.17, 15) is 8.42 Å². The van der Waals surface area contributed by atoms with Crippen molar-refractivity contribution in [3.8, 4) is 0 Å². The molecular weight excluding hydrogens is 288 g/mol. The Kier molecular flexibility index (Phi) is 4.44. The van der Waals surface area contributed by atoms with E-state index in [0.29, 0.717) is 11.5 Å². The van der Waals surface area contributed by atoms with Gasteiger partial charge in [-0.3, -0.25) is 4.72 Å². The Morgan fingerprint density at radius 3 is 2.43 bits per heavy atom. The van der Waals surface area contributed by atoms with Gasteiger partial charge in [-0.1, -0.05) is 12.1 Å². The van der Waals surface area contributed by atoms with Crippen molar-refractivity contribution in [2.75, 3.05) is 24.1 Å². The van der Waals surface area contributed by atoms with Crippen LogP contribution in [0.2, 0.25) is 0 Å². The summed E-state index contributed by atoms with van der Waals surface area (Å²) in [6.45, 7) is 2.01. The number of rotatable bonds is 5. The van der Waals surface area contributed by atoms with Crippen molar-refractivity contribution >= 4 is 27.4 Å². The number of nitrogens with one attached hydrogen (secondary N) is 2. The number of aromatic nitrogens is 1. The number of nitrogens with zero attached hydrogens (tertiary/aromatic N) is 2. The van der Waals surface area contributed by atoms with Crippen LogP contribution in [0.3, 0.4) is 0 Å². The van der Waals surface area contributed by atoms with E-state index in [1.807, 2.05) is 31.2 Å². The molecule has 0 atom stereocenters. The Bertz CT molecular complexity index is 712. The van der Waals surface area contributed by atoms with Crippen LogP contribution in [0.15, 0.2) is 42.6 Å². The number of hydrogen-bond acceptors (Lipinski definition) is 4. The van der Waals surface area contributed by atoms with Gasteiger partial charge in [0.1, 0.15) is 5.82 Å². The van der Waals surface area contributed by atoms with Gasteiger partial charge >= 0.3 is 10.2 Å². The minimum absolute atomic E-state index is 0.415. The van der Waals surface area contributed by atoms with Gasteiger partial charge in [-0.2, -0.15) is 12.7 Å². The highest BCUT2D eigenvalue weighted by Gasteiger charge is 2.12. The largest absolute Gasteiger partial charge is 0.340 e. The van der Waals surface area contributed by atoms with Gasteiger partial charge in [0.15, 0.2) is 0 Å². The zero-order chi connectivity index (χ0) is 15.5. The van der Waals surface area contributed by atoms with E-state index in [-0.39, 0.29) is 0 Å². The highest BCUT2D eigenvalue weighted by Crippen LogP contribution is 2.17. The first-order valence-electron chi connectivity index (χ1n) is 6.37. The van der Waals surface area contributed by atoms with E-state index in [1.165, 1.54) is 20.3 Å². The van der Waals surface area contributed by atoms with Crippen molar-refractivity contribution in [3.05, 3.63) is 48.2 Å². The number of benzene rings is 1. The molecule has 6 nitrogen and oxygen atoms in total. The summed E-state index contributed by atoms with van der Waals surface area (Å²) >= 11 is 0. The molecule has 21 heavy (non-hydrogen) atoms. The second-order valence-electron chi connectivity index (χ2n) is 4.82. The predicted octanol–water partition coefficient (Wildman–Crippen LogP) is 2.35. The lowest BCUT2D eigenvalue weighted by atomic mass is 10.2. The van der Waals surface area contributed by atoms with E-state index in [2.05, 4.69) is 15.0 Å². The molecule has 0 bridgehead atoms.